The van der Waals surface area contributed by atoms with Gasteiger partial charge in [0, 0.05) is 17.4 Å². The van der Waals surface area contributed by atoms with E-state index in [4.69, 9.17) is 10.2 Å². The van der Waals surface area contributed by atoms with Gasteiger partial charge in [-0.25, -0.2) is 4.79 Å². The first-order chi connectivity index (χ1) is 9.11. The first kappa shape index (κ1) is 14.6. The number of ketones is 1. The number of rotatable bonds is 7. The van der Waals surface area contributed by atoms with Crippen molar-refractivity contribution in [3.05, 3.63) is 0 Å². The van der Waals surface area contributed by atoms with Crippen molar-refractivity contribution in [1.29, 1.82) is 0 Å². The lowest BCUT2D eigenvalue weighted by Crippen LogP contribution is -2.36. The number of thioether (sulfide) groups is 1. The van der Waals surface area contributed by atoms with Crippen LogP contribution in [0.5, 0.6) is 0 Å². The maximum Gasteiger partial charge on any atom is 0.315 e. The summed E-state index contributed by atoms with van der Waals surface area (Å²) in [5.41, 5.74) is 0. The van der Waals surface area contributed by atoms with Gasteiger partial charge in [-0.1, -0.05) is 6.42 Å². The number of hydrogen-bond donors (Lipinski definition) is 4. The van der Waals surface area contributed by atoms with Crippen LogP contribution in [0.25, 0.3) is 0 Å². The van der Waals surface area contributed by atoms with Gasteiger partial charge in [-0.2, -0.15) is 11.8 Å². The Kier molecular flexibility index (Phi) is 5.06. The van der Waals surface area contributed by atoms with Crippen molar-refractivity contribution in [2.45, 2.75) is 49.1 Å². The van der Waals surface area contributed by atoms with E-state index in [1.165, 1.54) is 0 Å². The summed E-state index contributed by atoms with van der Waals surface area (Å²) in [6, 6.07) is 0.359. The normalized spacial score (nSPS) is 30.6. The molecule has 0 bridgehead atoms. The largest absolute Gasteiger partial charge is 0.393 e. The van der Waals surface area contributed by atoms with E-state index in [1.54, 1.807) is 0 Å². The van der Waals surface area contributed by atoms with E-state index in [-0.39, 0.29) is 23.9 Å². The molecule has 0 radical (unpaired) electrons. The second kappa shape index (κ2) is 6.58. The summed E-state index contributed by atoms with van der Waals surface area (Å²) in [7, 11) is 0. The van der Waals surface area contributed by atoms with Crippen molar-refractivity contribution < 1.29 is 19.8 Å². The summed E-state index contributed by atoms with van der Waals surface area (Å²) in [6.07, 6.45) is 1.63. The molecule has 2 amide bonds. The molecule has 2 heterocycles. The van der Waals surface area contributed by atoms with Crippen molar-refractivity contribution in [3.63, 3.8) is 0 Å². The highest BCUT2D eigenvalue weighted by atomic mass is 32.2. The van der Waals surface area contributed by atoms with Gasteiger partial charge in [-0.05, 0) is 12.8 Å². The number of aliphatic hydroxyl groups excluding tert-OH is 2. The van der Waals surface area contributed by atoms with E-state index >= 15 is 0 Å². The molecule has 2 fully saturated rings. The van der Waals surface area contributed by atoms with Crippen LogP contribution in [0, 0.1) is 0 Å². The van der Waals surface area contributed by atoms with Gasteiger partial charge in [0.1, 0.15) is 6.10 Å². The Morgan fingerprint density at radius 2 is 2.21 bits per heavy atom. The summed E-state index contributed by atoms with van der Waals surface area (Å²) >= 11 is 1.85. The van der Waals surface area contributed by atoms with Gasteiger partial charge < -0.3 is 20.8 Å². The van der Waals surface area contributed by atoms with E-state index in [2.05, 4.69) is 10.6 Å². The molecule has 0 aliphatic carbocycles. The first-order valence-electron chi connectivity index (χ1n) is 6.62. The van der Waals surface area contributed by atoms with Crippen LogP contribution in [0.1, 0.15) is 25.7 Å². The van der Waals surface area contributed by atoms with Gasteiger partial charge >= 0.3 is 6.03 Å². The van der Waals surface area contributed by atoms with E-state index in [0.29, 0.717) is 18.1 Å². The Morgan fingerprint density at radius 3 is 2.95 bits per heavy atom. The number of unbranched alkanes of at least 4 members (excludes halogenated alkanes) is 1. The molecule has 0 aromatic carbocycles. The molecule has 19 heavy (non-hydrogen) atoms. The minimum atomic E-state index is -1.23. The highest BCUT2D eigenvalue weighted by Gasteiger charge is 2.42. The van der Waals surface area contributed by atoms with Crippen LogP contribution in [0.4, 0.5) is 4.79 Å². The van der Waals surface area contributed by atoms with Crippen molar-refractivity contribution in [2.24, 2.45) is 0 Å². The van der Waals surface area contributed by atoms with Crippen LogP contribution in [0.15, 0.2) is 0 Å². The lowest BCUT2D eigenvalue weighted by atomic mass is 10.0. The Morgan fingerprint density at radius 1 is 1.42 bits per heavy atom. The third-order valence-electron chi connectivity index (χ3n) is 3.64. The quantitative estimate of drug-likeness (QED) is 0.379. The fourth-order valence-electron chi connectivity index (χ4n) is 2.56. The molecule has 4 N–H and O–H groups in total. The number of hydrogen-bond acceptors (Lipinski definition) is 5. The van der Waals surface area contributed by atoms with Gasteiger partial charge in [0.2, 0.25) is 0 Å². The van der Waals surface area contributed by atoms with Crippen molar-refractivity contribution >= 4 is 23.6 Å². The third-order valence-corrected chi connectivity index (χ3v) is 5.15. The van der Waals surface area contributed by atoms with Crippen LogP contribution in [-0.4, -0.2) is 57.8 Å². The summed E-state index contributed by atoms with van der Waals surface area (Å²) in [5.74, 6) is 0.645. The number of Topliss-reactive ketones (excluding diaryl/α,β-unsaturated/α-hetero) is 1. The van der Waals surface area contributed by atoms with E-state index in [1.807, 2.05) is 11.8 Å². The summed E-state index contributed by atoms with van der Waals surface area (Å²) in [6.45, 7) is -0.501. The average molecular weight is 288 g/mol. The smallest absolute Gasteiger partial charge is 0.315 e. The molecule has 108 valence electrons. The van der Waals surface area contributed by atoms with Crippen molar-refractivity contribution in [1.82, 2.24) is 10.6 Å². The second-order valence-corrected chi connectivity index (χ2v) is 6.30. The summed E-state index contributed by atoms with van der Waals surface area (Å²) < 4.78 is 0. The molecule has 6 nitrogen and oxygen atoms in total. The monoisotopic (exact) mass is 288 g/mol. The summed E-state index contributed by atoms with van der Waals surface area (Å²) in [4.78, 5) is 22.5. The minimum absolute atomic E-state index is 0.0819. The maximum atomic E-state index is 11.3. The van der Waals surface area contributed by atoms with E-state index in [9.17, 15) is 9.59 Å². The van der Waals surface area contributed by atoms with Crippen molar-refractivity contribution in [2.75, 3.05) is 12.4 Å². The van der Waals surface area contributed by atoms with Gasteiger partial charge in [-0.15, -0.1) is 0 Å². The number of nitrogens with one attached hydrogen (secondary N) is 2. The third kappa shape index (κ3) is 3.61. The number of carbonyl (C=O) groups is 2. The zero-order valence-electron chi connectivity index (χ0n) is 10.7. The molecule has 0 saturated carbocycles. The number of carbonyl (C=O) groups excluding carboxylic acids is 2. The molecule has 2 saturated heterocycles. The Labute approximate surface area is 116 Å². The number of amides is 2. The molecule has 2 aliphatic rings. The van der Waals surface area contributed by atoms with E-state index in [0.717, 1.165) is 18.6 Å². The first-order valence-corrected chi connectivity index (χ1v) is 7.67. The number of urea groups is 1. The molecular formula is C12H20N2O4S. The SMILES string of the molecule is O=C1N[C@H]2[C@H](CS[C@H]2CCCCC(=O)C(O)CO)N1. The predicted molar refractivity (Wildman–Crippen MR) is 72.1 cm³/mol. The molecule has 0 spiro atoms. The molecule has 4 atom stereocenters. The maximum absolute atomic E-state index is 11.3. The van der Waals surface area contributed by atoms with Gasteiger partial charge in [0.05, 0.1) is 18.7 Å². The number of fused-ring (bicyclic) bond motifs is 1. The zero-order valence-corrected chi connectivity index (χ0v) is 11.5. The van der Waals surface area contributed by atoms with Gasteiger partial charge in [0.25, 0.3) is 0 Å². The Balaban J connectivity index is 1.64. The van der Waals surface area contributed by atoms with Crippen molar-refractivity contribution in [3.8, 4) is 0 Å². The fraction of sp³-hybridized carbons (Fsp3) is 0.833. The number of aliphatic hydroxyl groups is 2. The lowest BCUT2D eigenvalue weighted by molar-refractivity contribution is -0.129. The Bertz CT molecular complexity index is 353. The molecule has 7 heteroatoms. The van der Waals surface area contributed by atoms with E-state index < -0.39 is 12.7 Å². The standard InChI is InChI=1S/C12H20N2O4S/c15-5-9(17)8(16)3-1-2-4-10-11-7(6-19-10)13-12(18)14-11/h7,9-11,15,17H,1-6H2,(H2,13,14,18)/t7-,9?,10-,11-/m0/s1. The highest BCUT2D eigenvalue weighted by molar-refractivity contribution is 8.00. The van der Waals surface area contributed by atoms with Crippen LogP contribution < -0.4 is 10.6 Å². The highest BCUT2D eigenvalue weighted by Crippen LogP contribution is 2.33. The fourth-order valence-corrected chi connectivity index (χ4v) is 4.10. The minimum Gasteiger partial charge on any atom is -0.393 e. The molecule has 2 rings (SSSR count). The molecule has 0 aromatic heterocycles. The molecule has 0 aromatic rings. The lowest BCUT2D eigenvalue weighted by Gasteiger charge is -2.16. The topological polar surface area (TPSA) is 98.7 Å². The molecule has 2 aliphatic heterocycles. The van der Waals surface area contributed by atoms with Crippen LogP contribution in [0.3, 0.4) is 0 Å². The summed E-state index contributed by atoms with van der Waals surface area (Å²) in [5, 5.41) is 24.0. The molecular weight excluding hydrogens is 268 g/mol. The van der Waals surface area contributed by atoms with Crippen LogP contribution >= 0.6 is 11.8 Å². The average Bonchev–Trinajstić information content (AvgIpc) is 2.93. The second-order valence-electron chi connectivity index (χ2n) is 5.03. The predicted octanol–water partition coefficient (Wildman–Crippen LogP) is -0.366. The zero-order chi connectivity index (χ0) is 13.8. The van der Waals surface area contributed by atoms with Gasteiger partial charge in [-0.3, -0.25) is 4.79 Å². The van der Waals surface area contributed by atoms with Gasteiger partial charge in [0.15, 0.2) is 5.78 Å². The molecule has 1 unspecified atom stereocenters. The Hall–Kier alpha value is -0.790. The van der Waals surface area contributed by atoms with Crippen LogP contribution in [0.2, 0.25) is 0 Å². The van der Waals surface area contributed by atoms with Crippen LogP contribution in [-0.2, 0) is 4.79 Å².